The average molecular weight is 508 g/mol. The fourth-order valence-electron chi connectivity index (χ4n) is 3.97. The van der Waals surface area contributed by atoms with Crippen molar-refractivity contribution in [3.63, 3.8) is 0 Å². The number of nitrogens with one attached hydrogen (secondary N) is 3. The van der Waals surface area contributed by atoms with Gasteiger partial charge in [0, 0.05) is 35.2 Å². The number of benzene rings is 3. The molecule has 2 heterocycles. The first-order chi connectivity index (χ1) is 18.1. The van der Waals surface area contributed by atoms with Crippen LogP contribution in [0.5, 0.6) is 0 Å². The van der Waals surface area contributed by atoms with Crippen molar-refractivity contribution < 1.29 is 9.59 Å². The standard InChI is InChI=1S/C29H25N5O2S/c30-23-9-3-4-10-24(23)34-29(36)19-13-14-27(33-18-19)31-15-16-32-28(35)17-22-20-7-1-5-11-25(20)37-26-12-6-2-8-21(22)26/h1-14,17-18H,15-16,30H2,(H,31,33)(H,32,35)(H,34,36). The zero-order chi connectivity index (χ0) is 25.6. The Morgan fingerprint density at radius 2 is 1.51 bits per heavy atom. The Balaban J connectivity index is 1.15. The number of pyridine rings is 1. The Morgan fingerprint density at radius 3 is 2.19 bits per heavy atom. The molecule has 0 saturated carbocycles. The van der Waals surface area contributed by atoms with Gasteiger partial charge < -0.3 is 21.7 Å². The van der Waals surface area contributed by atoms with E-state index < -0.39 is 0 Å². The molecule has 0 bridgehead atoms. The molecule has 0 aliphatic carbocycles. The Morgan fingerprint density at radius 1 is 0.838 bits per heavy atom. The number of aromatic nitrogens is 1. The second-order valence-corrected chi connectivity index (χ2v) is 9.43. The molecule has 4 aromatic rings. The number of carbonyl (C=O) groups is 2. The molecule has 1 aliphatic heterocycles. The average Bonchev–Trinajstić information content (AvgIpc) is 2.92. The Hall–Kier alpha value is -4.56. The van der Waals surface area contributed by atoms with Crippen LogP contribution < -0.4 is 21.7 Å². The maximum absolute atomic E-state index is 12.7. The smallest absolute Gasteiger partial charge is 0.257 e. The molecule has 184 valence electrons. The van der Waals surface area contributed by atoms with Crippen molar-refractivity contribution in [3.8, 4) is 0 Å². The Kier molecular flexibility index (Phi) is 7.19. The van der Waals surface area contributed by atoms with Crippen LogP contribution in [0.1, 0.15) is 21.5 Å². The third-order valence-electron chi connectivity index (χ3n) is 5.81. The third-order valence-corrected chi connectivity index (χ3v) is 6.97. The Bertz CT molecular complexity index is 1440. The summed E-state index contributed by atoms with van der Waals surface area (Å²) >= 11 is 1.72. The van der Waals surface area contributed by atoms with Gasteiger partial charge in [0.05, 0.1) is 16.9 Å². The van der Waals surface area contributed by atoms with Gasteiger partial charge >= 0.3 is 0 Å². The molecule has 0 saturated heterocycles. The second kappa shape index (κ2) is 11.0. The fourth-order valence-corrected chi connectivity index (χ4v) is 5.08. The number of hydrogen-bond acceptors (Lipinski definition) is 6. The summed E-state index contributed by atoms with van der Waals surface area (Å²) in [6.07, 6.45) is 3.16. The lowest BCUT2D eigenvalue weighted by molar-refractivity contribution is -0.116. The van der Waals surface area contributed by atoms with Crippen LogP contribution in [0.2, 0.25) is 0 Å². The summed E-state index contributed by atoms with van der Waals surface area (Å²) in [4.78, 5) is 31.8. The van der Waals surface area contributed by atoms with Gasteiger partial charge in [-0.1, -0.05) is 60.3 Å². The van der Waals surface area contributed by atoms with E-state index in [2.05, 4.69) is 33.1 Å². The molecule has 0 atom stereocenters. The van der Waals surface area contributed by atoms with Crippen LogP contribution in [0, 0.1) is 0 Å². The van der Waals surface area contributed by atoms with Crippen LogP contribution in [0.25, 0.3) is 5.57 Å². The van der Waals surface area contributed by atoms with Crippen molar-refractivity contribution in [2.24, 2.45) is 0 Å². The van der Waals surface area contributed by atoms with Gasteiger partial charge in [-0.2, -0.15) is 0 Å². The van der Waals surface area contributed by atoms with Gasteiger partial charge in [-0.15, -0.1) is 0 Å². The summed E-state index contributed by atoms with van der Waals surface area (Å²) in [5, 5.41) is 8.87. The molecule has 1 aliphatic rings. The maximum Gasteiger partial charge on any atom is 0.257 e. The van der Waals surface area contributed by atoms with Crippen molar-refractivity contribution in [3.05, 3.63) is 114 Å². The quantitative estimate of drug-likeness (QED) is 0.140. The normalized spacial score (nSPS) is 11.6. The fraction of sp³-hybridized carbons (Fsp3) is 0.0690. The number of carbonyl (C=O) groups excluding carboxylic acids is 2. The highest BCUT2D eigenvalue weighted by atomic mass is 32.2. The van der Waals surface area contributed by atoms with Crippen LogP contribution in [0.15, 0.2) is 107 Å². The largest absolute Gasteiger partial charge is 0.397 e. The lowest BCUT2D eigenvalue weighted by Gasteiger charge is -2.21. The van der Waals surface area contributed by atoms with E-state index >= 15 is 0 Å². The summed E-state index contributed by atoms with van der Waals surface area (Å²) in [5.74, 6) is 0.158. The summed E-state index contributed by atoms with van der Waals surface area (Å²) < 4.78 is 0. The summed E-state index contributed by atoms with van der Waals surface area (Å²) in [5.41, 5.74) is 10.4. The minimum absolute atomic E-state index is 0.159. The van der Waals surface area contributed by atoms with Gasteiger partial charge in [0.2, 0.25) is 5.91 Å². The number of fused-ring (bicyclic) bond motifs is 2. The van der Waals surface area contributed by atoms with Crippen molar-refractivity contribution in [1.29, 1.82) is 0 Å². The second-order valence-electron chi connectivity index (χ2n) is 8.34. The predicted molar refractivity (Wildman–Crippen MR) is 149 cm³/mol. The van der Waals surface area contributed by atoms with Gasteiger partial charge in [-0.25, -0.2) is 4.98 Å². The molecule has 5 N–H and O–H groups in total. The highest BCUT2D eigenvalue weighted by molar-refractivity contribution is 7.99. The SMILES string of the molecule is Nc1ccccc1NC(=O)c1ccc(NCCNC(=O)C=C2c3ccccc3Sc3ccccc32)nc1. The molecule has 37 heavy (non-hydrogen) atoms. The number of nitrogen functional groups attached to an aromatic ring is 1. The lowest BCUT2D eigenvalue weighted by Crippen LogP contribution is -2.27. The number of hydrogen-bond donors (Lipinski definition) is 4. The van der Waals surface area contributed by atoms with Crippen molar-refractivity contribution in [1.82, 2.24) is 10.3 Å². The van der Waals surface area contributed by atoms with Gasteiger partial charge in [0.25, 0.3) is 5.91 Å². The molecule has 0 fully saturated rings. The monoisotopic (exact) mass is 507 g/mol. The van der Waals surface area contributed by atoms with Crippen molar-refractivity contribution >= 4 is 46.3 Å². The van der Waals surface area contributed by atoms with Gasteiger partial charge in [-0.3, -0.25) is 9.59 Å². The summed E-state index contributed by atoms with van der Waals surface area (Å²) in [6, 6.07) is 26.7. The minimum atomic E-state index is -0.290. The van der Waals surface area contributed by atoms with E-state index in [-0.39, 0.29) is 11.8 Å². The number of para-hydroxylation sites is 2. The van der Waals surface area contributed by atoms with E-state index in [1.165, 1.54) is 6.20 Å². The van der Waals surface area contributed by atoms with Crippen molar-refractivity contribution in [2.75, 3.05) is 29.5 Å². The van der Waals surface area contributed by atoms with Crippen LogP contribution in [0.3, 0.4) is 0 Å². The van der Waals surface area contributed by atoms with Crippen LogP contribution in [0.4, 0.5) is 17.2 Å². The summed E-state index contributed by atoms with van der Waals surface area (Å²) in [6.45, 7) is 0.898. The number of nitrogens with zero attached hydrogens (tertiary/aromatic N) is 1. The molecular formula is C29H25N5O2S. The molecular weight excluding hydrogens is 482 g/mol. The number of nitrogens with two attached hydrogens (primary N) is 1. The van der Waals surface area contributed by atoms with E-state index in [9.17, 15) is 9.59 Å². The van der Waals surface area contributed by atoms with Crippen molar-refractivity contribution in [2.45, 2.75) is 9.79 Å². The van der Waals surface area contributed by atoms with Gasteiger partial charge in [0.15, 0.2) is 0 Å². The first-order valence-corrected chi connectivity index (χ1v) is 12.6. The van der Waals surface area contributed by atoms with E-state index in [1.807, 2.05) is 36.4 Å². The number of anilines is 3. The molecule has 0 spiro atoms. The molecule has 7 nitrogen and oxygen atoms in total. The minimum Gasteiger partial charge on any atom is -0.397 e. The first kappa shape index (κ1) is 24.1. The highest BCUT2D eigenvalue weighted by Gasteiger charge is 2.20. The van der Waals surface area contributed by atoms with Gasteiger partial charge in [-0.05, 0) is 53.1 Å². The zero-order valence-electron chi connectivity index (χ0n) is 19.9. The van der Waals surface area contributed by atoms with E-state index in [0.29, 0.717) is 35.8 Å². The number of amides is 2. The molecule has 3 aromatic carbocycles. The maximum atomic E-state index is 12.7. The molecule has 2 amide bonds. The third kappa shape index (κ3) is 5.65. The van der Waals surface area contributed by atoms with E-state index in [4.69, 9.17) is 5.73 Å². The molecule has 5 rings (SSSR count). The Labute approximate surface area is 219 Å². The molecule has 1 aromatic heterocycles. The van der Waals surface area contributed by atoms with E-state index in [0.717, 1.165) is 26.5 Å². The number of rotatable bonds is 7. The first-order valence-electron chi connectivity index (χ1n) is 11.8. The van der Waals surface area contributed by atoms with Crippen LogP contribution in [-0.2, 0) is 4.79 Å². The van der Waals surface area contributed by atoms with Crippen LogP contribution in [-0.4, -0.2) is 29.9 Å². The molecule has 0 unspecified atom stereocenters. The molecule has 0 radical (unpaired) electrons. The topological polar surface area (TPSA) is 109 Å². The van der Waals surface area contributed by atoms with Gasteiger partial charge in [0.1, 0.15) is 5.82 Å². The predicted octanol–water partition coefficient (Wildman–Crippen LogP) is 5.04. The summed E-state index contributed by atoms with van der Waals surface area (Å²) in [7, 11) is 0. The molecule has 8 heteroatoms. The zero-order valence-corrected chi connectivity index (χ0v) is 20.7. The highest BCUT2D eigenvalue weighted by Crippen LogP contribution is 2.44. The lowest BCUT2D eigenvalue weighted by atomic mass is 9.96. The van der Waals surface area contributed by atoms with Crippen LogP contribution >= 0.6 is 11.8 Å². The van der Waals surface area contributed by atoms with E-state index in [1.54, 1.807) is 54.2 Å².